The average Bonchev–Trinajstić information content (AvgIpc) is 2.59. The van der Waals surface area contributed by atoms with Gasteiger partial charge in [-0.15, -0.1) is 0 Å². The van der Waals surface area contributed by atoms with Crippen LogP contribution < -0.4 is 0 Å². The van der Waals surface area contributed by atoms with Gasteiger partial charge >= 0.3 is 71.1 Å². The average molecular weight is 600 g/mol. The molecule has 36 heavy (non-hydrogen) atoms. The smallest absolute Gasteiger partial charge is 0.225 e. The van der Waals surface area contributed by atoms with E-state index in [1.54, 1.807) is 0 Å². The van der Waals surface area contributed by atoms with E-state index in [0.717, 1.165) is 0 Å². The largest absolute Gasteiger partial charge is 0.435 e. The highest BCUT2D eigenvalue weighted by Crippen LogP contribution is 2.78. The normalized spacial score (nSPS) is 31.3. The van der Waals surface area contributed by atoms with Gasteiger partial charge in [0.1, 0.15) is 0 Å². The standard InChI is InChI=1S/C12F24/c13-1(3(15,9(25,26)27)10(28,29)30)5(17,18)7(21,22)2(14,8(23,24)6(1,19)20)4(16,11(31,32)33)12(34,35)36. The van der Waals surface area contributed by atoms with Crippen molar-refractivity contribution in [2.24, 2.45) is 0 Å². The van der Waals surface area contributed by atoms with Crippen molar-refractivity contribution in [3.8, 4) is 0 Å². The first-order valence-electron chi connectivity index (χ1n) is 7.54. The quantitative estimate of drug-likeness (QED) is 0.287. The first-order valence-corrected chi connectivity index (χ1v) is 7.54. The Morgan fingerprint density at radius 2 is 0.361 bits per heavy atom. The molecule has 24 heteroatoms. The second-order valence-electron chi connectivity index (χ2n) is 6.92. The molecule has 0 N–H and O–H groups in total. The van der Waals surface area contributed by atoms with E-state index in [9.17, 15) is 105 Å². The Hall–Kier alpha value is -1.68. The Balaban J connectivity index is 4.62. The number of halogens is 24. The lowest BCUT2D eigenvalue weighted by molar-refractivity contribution is -0.539. The van der Waals surface area contributed by atoms with E-state index >= 15 is 0 Å². The van der Waals surface area contributed by atoms with Crippen molar-refractivity contribution in [3.05, 3.63) is 0 Å². The van der Waals surface area contributed by atoms with Gasteiger partial charge in [0.2, 0.25) is 0 Å². The third-order valence-corrected chi connectivity index (χ3v) is 5.03. The maximum absolute atomic E-state index is 14.4. The van der Waals surface area contributed by atoms with Crippen molar-refractivity contribution in [3.63, 3.8) is 0 Å². The van der Waals surface area contributed by atoms with E-state index in [4.69, 9.17) is 0 Å². The molecule has 216 valence electrons. The molecule has 0 saturated heterocycles. The van der Waals surface area contributed by atoms with E-state index in [2.05, 4.69) is 0 Å². The fourth-order valence-corrected chi connectivity index (χ4v) is 3.23. The molecule has 1 aliphatic carbocycles. The van der Waals surface area contributed by atoms with Gasteiger partial charge in [-0.25, -0.2) is 17.6 Å². The molecular weight excluding hydrogens is 600 g/mol. The van der Waals surface area contributed by atoms with Crippen LogP contribution in [-0.2, 0) is 0 Å². The lowest BCUT2D eigenvalue weighted by Crippen LogP contribution is -2.95. The molecule has 0 unspecified atom stereocenters. The zero-order valence-electron chi connectivity index (χ0n) is 15.1. The van der Waals surface area contributed by atoms with E-state index in [0.29, 0.717) is 0 Å². The predicted octanol–water partition coefficient (Wildman–Crippen LogP) is 7.62. The summed E-state index contributed by atoms with van der Waals surface area (Å²) in [4.78, 5) is 0. The summed E-state index contributed by atoms with van der Waals surface area (Å²) in [6.07, 6.45) is -35.3. The number of hydrogen-bond donors (Lipinski definition) is 0. The van der Waals surface area contributed by atoms with Crippen LogP contribution in [0, 0.1) is 0 Å². The predicted molar refractivity (Wildman–Crippen MR) is 59.4 cm³/mol. The maximum atomic E-state index is 14.4. The van der Waals surface area contributed by atoms with Crippen molar-refractivity contribution in [2.75, 3.05) is 0 Å². The minimum Gasteiger partial charge on any atom is -0.225 e. The summed E-state index contributed by atoms with van der Waals surface area (Å²) in [5.74, 6) is -38.5. The maximum Gasteiger partial charge on any atom is 0.435 e. The molecule has 0 nitrogen and oxygen atoms in total. The summed E-state index contributed by atoms with van der Waals surface area (Å²) in [7, 11) is 0. The molecule has 0 bridgehead atoms. The molecule has 0 aromatic heterocycles. The summed E-state index contributed by atoms with van der Waals surface area (Å²) < 4.78 is 319. The third kappa shape index (κ3) is 2.80. The van der Waals surface area contributed by atoms with Crippen LogP contribution in [0.1, 0.15) is 0 Å². The molecule has 0 heterocycles. The van der Waals surface area contributed by atoms with Gasteiger partial charge in [0.15, 0.2) is 0 Å². The van der Waals surface area contributed by atoms with Crippen LogP contribution in [0.4, 0.5) is 105 Å². The highest BCUT2D eigenvalue weighted by atomic mass is 19.4. The summed E-state index contributed by atoms with van der Waals surface area (Å²) in [5, 5.41) is 0. The Morgan fingerprint density at radius 3 is 0.444 bits per heavy atom. The molecule has 0 amide bonds. The van der Waals surface area contributed by atoms with E-state index in [1.807, 2.05) is 0 Å². The molecule has 1 saturated carbocycles. The molecule has 1 rings (SSSR count). The van der Waals surface area contributed by atoms with Crippen LogP contribution >= 0.6 is 0 Å². The van der Waals surface area contributed by atoms with Gasteiger partial charge in [-0.2, -0.15) is 87.8 Å². The minimum atomic E-state index is -9.69. The lowest BCUT2D eigenvalue weighted by Gasteiger charge is -2.60. The molecule has 0 spiro atoms. The van der Waals surface area contributed by atoms with Crippen molar-refractivity contribution < 1.29 is 105 Å². The number of hydrogen-bond acceptors (Lipinski definition) is 0. The summed E-state index contributed by atoms with van der Waals surface area (Å²) in [6, 6.07) is 0. The van der Waals surface area contributed by atoms with E-state index in [-0.39, 0.29) is 0 Å². The van der Waals surface area contributed by atoms with Gasteiger partial charge in [-0.3, -0.25) is 0 Å². The van der Waals surface area contributed by atoms with Gasteiger partial charge in [-0.05, 0) is 0 Å². The Kier molecular flexibility index (Phi) is 6.32. The molecule has 1 fully saturated rings. The molecular formula is C12F24. The Bertz CT molecular complexity index is 731. The summed E-state index contributed by atoms with van der Waals surface area (Å²) in [5.41, 5.74) is -38.2. The topological polar surface area (TPSA) is 0 Å². The fourth-order valence-electron chi connectivity index (χ4n) is 3.23. The van der Waals surface area contributed by atoms with Gasteiger partial charge in [0, 0.05) is 0 Å². The first-order chi connectivity index (χ1) is 15.0. The number of rotatable bonds is 2. The summed E-state index contributed by atoms with van der Waals surface area (Å²) >= 11 is 0. The van der Waals surface area contributed by atoms with Crippen LogP contribution in [0.2, 0.25) is 0 Å². The molecule has 0 radical (unpaired) electrons. The second kappa shape index (κ2) is 7.04. The zero-order valence-corrected chi connectivity index (χ0v) is 15.1. The highest BCUT2D eigenvalue weighted by molar-refractivity contribution is 5.40. The molecule has 1 aliphatic rings. The Labute approximate surface area is 178 Å². The van der Waals surface area contributed by atoms with Crippen LogP contribution in [0.25, 0.3) is 0 Å². The fraction of sp³-hybridized carbons (Fsp3) is 1.00. The van der Waals surface area contributed by atoms with Crippen LogP contribution in [0.15, 0.2) is 0 Å². The monoisotopic (exact) mass is 600 g/mol. The SMILES string of the molecule is FC(F)(F)C(F)(C(F)(F)F)C1(F)C(F)(F)C(F)(F)C(F)(C(F)(C(F)(F)F)C(F)(F)F)C(F)(F)C1(F)F. The van der Waals surface area contributed by atoms with Gasteiger partial charge in [0.25, 0.3) is 0 Å². The Morgan fingerprint density at radius 1 is 0.250 bits per heavy atom. The van der Waals surface area contributed by atoms with Crippen molar-refractivity contribution in [1.82, 2.24) is 0 Å². The highest BCUT2D eigenvalue weighted by Gasteiger charge is 3.13. The third-order valence-electron chi connectivity index (χ3n) is 5.03. The lowest BCUT2D eigenvalue weighted by atomic mass is 9.57. The van der Waals surface area contributed by atoms with Gasteiger partial charge in [0.05, 0.1) is 0 Å². The molecule has 0 aliphatic heterocycles. The molecule has 0 aromatic carbocycles. The van der Waals surface area contributed by atoms with Gasteiger partial charge < -0.3 is 0 Å². The van der Waals surface area contributed by atoms with Crippen molar-refractivity contribution in [2.45, 2.75) is 71.1 Å². The first kappa shape index (κ1) is 32.3. The molecule has 0 aromatic rings. The second-order valence-corrected chi connectivity index (χ2v) is 6.92. The van der Waals surface area contributed by atoms with E-state index in [1.165, 1.54) is 0 Å². The van der Waals surface area contributed by atoms with E-state index < -0.39 is 71.1 Å². The number of alkyl halides is 24. The minimum absolute atomic E-state index is 8.82. The van der Waals surface area contributed by atoms with Crippen LogP contribution in [0.3, 0.4) is 0 Å². The van der Waals surface area contributed by atoms with Gasteiger partial charge in [-0.1, -0.05) is 0 Å². The summed E-state index contributed by atoms with van der Waals surface area (Å²) in [6.45, 7) is 0. The van der Waals surface area contributed by atoms with Crippen LogP contribution in [0.5, 0.6) is 0 Å². The van der Waals surface area contributed by atoms with Crippen molar-refractivity contribution in [1.29, 1.82) is 0 Å². The van der Waals surface area contributed by atoms with Crippen molar-refractivity contribution >= 4 is 0 Å². The van der Waals surface area contributed by atoms with Crippen LogP contribution in [-0.4, -0.2) is 71.1 Å². The zero-order chi connectivity index (χ0) is 30.0. The molecule has 0 atom stereocenters.